The van der Waals surface area contributed by atoms with Gasteiger partial charge in [-0.25, -0.2) is 9.59 Å². The van der Waals surface area contributed by atoms with Crippen LogP contribution in [-0.2, 0) is 47.5 Å². The molecule has 0 aromatic heterocycles. The molecule has 1 fully saturated rings. The van der Waals surface area contributed by atoms with Crippen LogP contribution < -0.4 is 9.47 Å². The van der Waals surface area contributed by atoms with Gasteiger partial charge in [-0.15, -0.1) is 0 Å². The molecular formula is C35H34O14S2. The highest BCUT2D eigenvalue weighted by Gasteiger charge is 2.54. The Bertz CT molecular complexity index is 1990. The first kappa shape index (κ1) is 37.4. The summed E-state index contributed by atoms with van der Waals surface area (Å²) in [6.45, 7) is 2.65. The zero-order chi connectivity index (χ0) is 36.6. The van der Waals surface area contributed by atoms with Crippen molar-refractivity contribution in [1.29, 1.82) is 0 Å². The van der Waals surface area contributed by atoms with Crippen LogP contribution in [-0.4, -0.2) is 73.6 Å². The topological polar surface area (TPSA) is 176 Å². The molecule has 1 aliphatic heterocycles. The van der Waals surface area contributed by atoms with Crippen molar-refractivity contribution in [2.45, 2.75) is 54.3 Å². The molecule has 0 radical (unpaired) electrons. The van der Waals surface area contributed by atoms with Crippen LogP contribution in [0.25, 0.3) is 0 Å². The summed E-state index contributed by atoms with van der Waals surface area (Å²) < 4.78 is 97.7. The molecule has 0 bridgehead atoms. The lowest BCUT2D eigenvalue weighted by molar-refractivity contribution is -0.289. The Morgan fingerprint density at radius 3 is 1.53 bits per heavy atom. The van der Waals surface area contributed by atoms with Gasteiger partial charge in [-0.1, -0.05) is 71.8 Å². The van der Waals surface area contributed by atoms with Crippen molar-refractivity contribution in [1.82, 2.24) is 0 Å². The Morgan fingerprint density at radius 2 is 1.06 bits per heavy atom. The molecule has 1 aliphatic rings. The molecule has 16 heteroatoms. The molecule has 51 heavy (non-hydrogen) atoms. The first-order valence-corrected chi connectivity index (χ1v) is 18.2. The SMILES string of the molecule is CO[C@@H]1O[C@@H](COS(=O)(=O)c2ccc(C)cc2)[C@H](OS(=O)(=O)c2ccc(C)cc2)[C@@H](OC(=O)Oc2ccccc2)[C@@H]1OC(=O)Oc1ccccc1. The lowest BCUT2D eigenvalue weighted by atomic mass is 9.99. The molecule has 4 aromatic rings. The average Bonchev–Trinajstić information content (AvgIpc) is 3.10. The van der Waals surface area contributed by atoms with Gasteiger partial charge in [0.15, 0.2) is 18.5 Å². The van der Waals surface area contributed by atoms with Crippen molar-refractivity contribution in [3.05, 3.63) is 120 Å². The second-order valence-corrected chi connectivity index (χ2v) is 14.3. The summed E-state index contributed by atoms with van der Waals surface area (Å²) in [4.78, 5) is 25.8. The van der Waals surface area contributed by atoms with Gasteiger partial charge >= 0.3 is 12.3 Å². The molecule has 0 spiro atoms. The molecule has 270 valence electrons. The molecule has 4 aromatic carbocycles. The highest BCUT2D eigenvalue weighted by Crippen LogP contribution is 2.33. The highest BCUT2D eigenvalue weighted by molar-refractivity contribution is 7.87. The maximum absolute atomic E-state index is 13.7. The summed E-state index contributed by atoms with van der Waals surface area (Å²) in [5.41, 5.74) is 1.54. The minimum absolute atomic E-state index is 0.0626. The van der Waals surface area contributed by atoms with E-state index in [2.05, 4.69) is 0 Å². The van der Waals surface area contributed by atoms with E-state index in [4.69, 9.17) is 36.8 Å². The second kappa shape index (κ2) is 16.5. The molecule has 1 heterocycles. The molecule has 0 N–H and O–H groups in total. The summed E-state index contributed by atoms with van der Waals surface area (Å²) in [5.74, 6) is 0.157. The Hall–Kier alpha value is -4.84. The first-order chi connectivity index (χ1) is 24.3. The van der Waals surface area contributed by atoms with E-state index in [-0.39, 0.29) is 21.3 Å². The predicted molar refractivity (Wildman–Crippen MR) is 178 cm³/mol. The number of carbonyl (C=O) groups excluding carboxylic acids is 2. The number of benzene rings is 4. The maximum Gasteiger partial charge on any atom is 0.514 e. The fraction of sp³-hybridized carbons (Fsp3) is 0.257. The summed E-state index contributed by atoms with van der Waals surface area (Å²) in [6.07, 6.45) is -11.5. The van der Waals surface area contributed by atoms with E-state index in [0.29, 0.717) is 0 Å². The third-order valence-corrected chi connectivity index (χ3v) is 10.0. The van der Waals surface area contributed by atoms with Crippen LogP contribution in [0, 0.1) is 13.8 Å². The zero-order valence-corrected chi connectivity index (χ0v) is 29.2. The Morgan fingerprint density at radius 1 is 0.608 bits per heavy atom. The number of hydrogen-bond donors (Lipinski definition) is 0. The average molecular weight is 743 g/mol. The Kier molecular flexibility index (Phi) is 12.1. The van der Waals surface area contributed by atoms with Crippen molar-refractivity contribution in [3.63, 3.8) is 0 Å². The van der Waals surface area contributed by atoms with Crippen molar-refractivity contribution in [3.8, 4) is 11.5 Å². The van der Waals surface area contributed by atoms with Crippen LogP contribution in [0.3, 0.4) is 0 Å². The van der Waals surface area contributed by atoms with Gasteiger partial charge in [-0.2, -0.15) is 16.8 Å². The molecule has 0 saturated carbocycles. The minimum atomic E-state index is -4.70. The van der Waals surface area contributed by atoms with Gasteiger partial charge in [0.1, 0.15) is 23.7 Å². The lowest BCUT2D eigenvalue weighted by Gasteiger charge is -2.43. The van der Waals surface area contributed by atoms with Gasteiger partial charge in [0, 0.05) is 7.11 Å². The van der Waals surface area contributed by atoms with E-state index < -0.39 is 69.9 Å². The number of para-hydroxylation sites is 2. The third kappa shape index (κ3) is 9.90. The molecule has 1 saturated heterocycles. The molecule has 0 unspecified atom stereocenters. The fourth-order valence-corrected chi connectivity index (χ4v) is 6.88. The quantitative estimate of drug-likeness (QED) is 0.104. The van der Waals surface area contributed by atoms with Crippen LogP contribution in [0.4, 0.5) is 9.59 Å². The maximum atomic E-state index is 13.7. The summed E-state index contributed by atoms with van der Waals surface area (Å²) in [5, 5.41) is 0. The van der Waals surface area contributed by atoms with Crippen LogP contribution in [0.15, 0.2) is 119 Å². The van der Waals surface area contributed by atoms with Gasteiger partial charge in [0.25, 0.3) is 20.2 Å². The molecule has 5 rings (SSSR count). The second-order valence-electron chi connectivity index (χ2n) is 11.2. The molecular weight excluding hydrogens is 709 g/mol. The first-order valence-electron chi connectivity index (χ1n) is 15.4. The number of ether oxygens (including phenoxy) is 6. The van der Waals surface area contributed by atoms with Crippen molar-refractivity contribution < 1.29 is 63.2 Å². The smallest absolute Gasteiger partial charge is 0.424 e. The van der Waals surface area contributed by atoms with Gasteiger partial charge < -0.3 is 28.4 Å². The largest absolute Gasteiger partial charge is 0.514 e. The number of hydrogen-bond acceptors (Lipinski definition) is 14. The monoisotopic (exact) mass is 742 g/mol. The van der Waals surface area contributed by atoms with E-state index in [1.807, 2.05) is 0 Å². The van der Waals surface area contributed by atoms with Crippen molar-refractivity contribution >= 4 is 32.5 Å². The van der Waals surface area contributed by atoms with Crippen molar-refractivity contribution in [2.24, 2.45) is 0 Å². The van der Waals surface area contributed by atoms with E-state index in [9.17, 15) is 26.4 Å². The van der Waals surface area contributed by atoms with Gasteiger partial charge in [0.2, 0.25) is 0 Å². The van der Waals surface area contributed by atoms with E-state index in [1.54, 1.807) is 62.4 Å². The zero-order valence-electron chi connectivity index (χ0n) is 27.5. The number of methoxy groups -OCH3 is 1. The standard InChI is InChI=1S/C35H34O14S2/c1-23-14-18-27(19-15-23)50(38,39)43-22-29-30(49-51(40,41)28-20-16-24(2)17-21-28)31(47-34(36)44-25-10-6-4-7-11-25)32(33(42-3)46-29)48-35(37)45-26-12-8-5-9-13-26/h4-21,29-33H,22H2,1-3H3/t29-,30-,31+,32-,33+/m0/s1. The van der Waals surface area contributed by atoms with E-state index >= 15 is 0 Å². The number of rotatable bonds is 12. The fourth-order valence-electron chi connectivity index (χ4n) is 4.85. The van der Waals surface area contributed by atoms with Crippen LogP contribution in [0.1, 0.15) is 11.1 Å². The van der Waals surface area contributed by atoms with Crippen LogP contribution >= 0.6 is 0 Å². The van der Waals surface area contributed by atoms with Gasteiger partial charge in [0.05, 0.1) is 16.4 Å². The lowest BCUT2D eigenvalue weighted by Crippen LogP contribution is -2.63. The summed E-state index contributed by atoms with van der Waals surface area (Å²) in [6, 6.07) is 27.0. The highest BCUT2D eigenvalue weighted by atomic mass is 32.2. The number of carbonyl (C=O) groups is 2. The summed E-state index contributed by atoms with van der Waals surface area (Å²) >= 11 is 0. The Balaban J connectivity index is 1.52. The van der Waals surface area contributed by atoms with Crippen LogP contribution in [0.5, 0.6) is 11.5 Å². The predicted octanol–water partition coefficient (Wildman–Crippen LogP) is 5.32. The van der Waals surface area contributed by atoms with Crippen molar-refractivity contribution in [2.75, 3.05) is 13.7 Å². The van der Waals surface area contributed by atoms with Gasteiger partial charge in [-0.05, 0) is 62.4 Å². The molecule has 5 atom stereocenters. The normalized spacial score (nSPS) is 20.6. The molecule has 0 amide bonds. The molecule has 14 nitrogen and oxygen atoms in total. The third-order valence-electron chi connectivity index (χ3n) is 7.42. The number of aryl methyl sites for hydroxylation is 2. The van der Waals surface area contributed by atoms with Crippen LogP contribution in [0.2, 0.25) is 0 Å². The summed E-state index contributed by atoms with van der Waals surface area (Å²) in [7, 11) is -7.98. The van der Waals surface area contributed by atoms with E-state index in [0.717, 1.165) is 18.2 Å². The van der Waals surface area contributed by atoms with Gasteiger partial charge in [-0.3, -0.25) is 8.37 Å². The molecule has 0 aliphatic carbocycles. The van der Waals surface area contributed by atoms with E-state index in [1.165, 1.54) is 60.7 Å². The Labute approximate surface area is 295 Å². The minimum Gasteiger partial charge on any atom is -0.424 e.